The van der Waals surface area contributed by atoms with Crippen molar-refractivity contribution >= 4 is 23.2 Å². The summed E-state index contributed by atoms with van der Waals surface area (Å²) >= 11 is 6.07. The van der Waals surface area contributed by atoms with Crippen LogP contribution in [0.2, 0.25) is 5.02 Å². The van der Waals surface area contributed by atoms with Crippen LogP contribution in [0.15, 0.2) is 54.6 Å². The van der Waals surface area contributed by atoms with Crippen molar-refractivity contribution in [2.45, 2.75) is 18.9 Å². The highest BCUT2D eigenvalue weighted by molar-refractivity contribution is 6.30. The predicted octanol–water partition coefficient (Wildman–Crippen LogP) is 3.92. The first-order valence-corrected chi connectivity index (χ1v) is 9.51. The molecule has 0 bridgehead atoms. The number of halogens is 1. The second-order valence-corrected chi connectivity index (χ2v) is 6.99. The maximum absolute atomic E-state index is 9.11. The molecule has 6 nitrogen and oxygen atoms in total. The Morgan fingerprint density at radius 2 is 1.89 bits per heavy atom. The number of rotatable bonds is 6. The molecule has 0 saturated carbocycles. The van der Waals surface area contributed by atoms with Crippen molar-refractivity contribution < 1.29 is 9.84 Å². The SMILES string of the molecule is COc1ccc(C2=CC(c3ccc(Cl)cc3)n3nc(CCCO)nc3N2)cc1. The summed E-state index contributed by atoms with van der Waals surface area (Å²) in [5.74, 6) is 2.20. The van der Waals surface area contributed by atoms with Gasteiger partial charge in [0.25, 0.3) is 0 Å². The molecule has 0 saturated heterocycles. The molecule has 2 N–H and O–H groups in total. The lowest BCUT2D eigenvalue weighted by Crippen LogP contribution is -2.20. The first kappa shape index (κ1) is 18.5. The summed E-state index contributed by atoms with van der Waals surface area (Å²) in [6.45, 7) is 0.118. The summed E-state index contributed by atoms with van der Waals surface area (Å²) in [5, 5.41) is 17.8. The maximum Gasteiger partial charge on any atom is 0.226 e. The van der Waals surface area contributed by atoms with E-state index in [2.05, 4.69) is 21.5 Å². The highest BCUT2D eigenvalue weighted by atomic mass is 35.5. The highest BCUT2D eigenvalue weighted by Gasteiger charge is 2.25. The molecule has 0 spiro atoms. The molecule has 1 aliphatic rings. The van der Waals surface area contributed by atoms with Crippen LogP contribution < -0.4 is 10.1 Å². The van der Waals surface area contributed by atoms with Gasteiger partial charge in [0.2, 0.25) is 5.95 Å². The molecular weight excluding hydrogens is 376 g/mol. The third-order valence-electron chi connectivity index (χ3n) is 4.68. The van der Waals surface area contributed by atoms with Gasteiger partial charge in [0.1, 0.15) is 11.8 Å². The summed E-state index contributed by atoms with van der Waals surface area (Å²) in [4.78, 5) is 4.63. The Morgan fingerprint density at radius 3 is 2.57 bits per heavy atom. The van der Waals surface area contributed by atoms with E-state index < -0.39 is 0 Å². The normalized spacial score (nSPS) is 15.5. The number of aliphatic hydroxyl groups excluding tert-OH is 1. The molecule has 7 heteroatoms. The van der Waals surface area contributed by atoms with Crippen LogP contribution in [0.5, 0.6) is 5.75 Å². The summed E-state index contributed by atoms with van der Waals surface area (Å²) in [6.07, 6.45) is 3.39. The first-order chi connectivity index (χ1) is 13.7. The lowest BCUT2D eigenvalue weighted by atomic mass is 10.0. The zero-order chi connectivity index (χ0) is 19.5. The molecule has 28 heavy (non-hydrogen) atoms. The lowest BCUT2D eigenvalue weighted by Gasteiger charge is -2.24. The van der Waals surface area contributed by atoms with Gasteiger partial charge in [-0.15, -0.1) is 0 Å². The summed E-state index contributed by atoms with van der Waals surface area (Å²) in [7, 11) is 1.65. The zero-order valence-corrected chi connectivity index (χ0v) is 16.2. The van der Waals surface area contributed by atoms with E-state index in [-0.39, 0.29) is 12.6 Å². The molecule has 4 rings (SSSR count). The molecule has 144 valence electrons. The average Bonchev–Trinajstić information content (AvgIpc) is 3.15. The Hall–Kier alpha value is -2.83. The second-order valence-electron chi connectivity index (χ2n) is 6.55. The fraction of sp³-hybridized carbons (Fsp3) is 0.238. The number of allylic oxidation sites excluding steroid dienone is 1. The van der Waals surface area contributed by atoms with Gasteiger partial charge < -0.3 is 15.2 Å². The Kier molecular flexibility index (Phi) is 5.32. The van der Waals surface area contributed by atoms with E-state index in [0.717, 1.165) is 22.6 Å². The molecule has 0 fully saturated rings. The van der Waals surface area contributed by atoms with Crippen LogP contribution >= 0.6 is 11.6 Å². The topological polar surface area (TPSA) is 72.2 Å². The van der Waals surface area contributed by atoms with Crippen molar-refractivity contribution in [1.29, 1.82) is 0 Å². The number of nitrogens with one attached hydrogen (secondary N) is 1. The van der Waals surface area contributed by atoms with Gasteiger partial charge in [-0.25, -0.2) is 4.68 Å². The Morgan fingerprint density at radius 1 is 1.14 bits per heavy atom. The number of hydrogen-bond acceptors (Lipinski definition) is 5. The van der Waals surface area contributed by atoms with Gasteiger partial charge >= 0.3 is 0 Å². The molecule has 3 aromatic rings. The van der Waals surface area contributed by atoms with Crippen molar-refractivity contribution in [1.82, 2.24) is 14.8 Å². The van der Waals surface area contributed by atoms with Crippen molar-refractivity contribution in [3.63, 3.8) is 0 Å². The number of aromatic nitrogens is 3. The van der Waals surface area contributed by atoms with Crippen LogP contribution in [-0.2, 0) is 6.42 Å². The van der Waals surface area contributed by atoms with Gasteiger partial charge in [0.15, 0.2) is 5.82 Å². The molecule has 0 radical (unpaired) electrons. The molecule has 0 aliphatic carbocycles. The van der Waals surface area contributed by atoms with Crippen molar-refractivity contribution in [3.8, 4) is 5.75 Å². The van der Waals surface area contributed by atoms with E-state index >= 15 is 0 Å². The van der Waals surface area contributed by atoms with Crippen molar-refractivity contribution in [3.05, 3.63) is 76.6 Å². The molecule has 1 unspecified atom stereocenters. The van der Waals surface area contributed by atoms with Gasteiger partial charge in [-0.2, -0.15) is 10.1 Å². The summed E-state index contributed by atoms with van der Waals surface area (Å²) in [6, 6.07) is 15.5. The minimum Gasteiger partial charge on any atom is -0.497 e. The Labute approximate surface area is 168 Å². The fourth-order valence-corrected chi connectivity index (χ4v) is 3.34. The largest absolute Gasteiger partial charge is 0.497 e. The standard InChI is InChI=1S/C21H21ClN4O2/c1-28-17-10-6-14(7-11-17)18-13-19(15-4-8-16(22)9-5-15)26-21(23-18)24-20(25-26)3-2-12-27/h4-11,13,19,27H,2-3,12H2,1H3,(H,23,24,25). The predicted molar refractivity (Wildman–Crippen MR) is 110 cm³/mol. The Bertz CT molecular complexity index is 981. The second kappa shape index (κ2) is 8.04. The van der Waals surface area contributed by atoms with E-state index in [1.807, 2.05) is 53.2 Å². The van der Waals surface area contributed by atoms with E-state index in [1.54, 1.807) is 7.11 Å². The molecule has 2 aromatic carbocycles. The highest BCUT2D eigenvalue weighted by Crippen LogP contribution is 2.33. The number of fused-ring (bicyclic) bond motifs is 1. The number of nitrogens with zero attached hydrogens (tertiary/aromatic N) is 3. The molecule has 1 aromatic heterocycles. The van der Waals surface area contributed by atoms with Gasteiger partial charge in [-0.3, -0.25) is 0 Å². The number of anilines is 1. The molecule has 0 amide bonds. The van der Waals surface area contributed by atoms with E-state index in [4.69, 9.17) is 21.4 Å². The van der Waals surface area contributed by atoms with Crippen LogP contribution in [0.1, 0.15) is 29.4 Å². The van der Waals surface area contributed by atoms with Crippen LogP contribution in [-0.4, -0.2) is 33.6 Å². The van der Waals surface area contributed by atoms with Gasteiger partial charge in [0, 0.05) is 23.7 Å². The number of methoxy groups -OCH3 is 1. The molecular formula is C21H21ClN4O2. The van der Waals surface area contributed by atoms with Crippen molar-refractivity contribution in [2.24, 2.45) is 0 Å². The Balaban J connectivity index is 1.74. The van der Waals surface area contributed by atoms with Gasteiger partial charge in [-0.1, -0.05) is 23.7 Å². The van der Waals surface area contributed by atoms with Crippen LogP contribution in [0.3, 0.4) is 0 Å². The average molecular weight is 397 g/mol. The maximum atomic E-state index is 9.11. The van der Waals surface area contributed by atoms with Crippen molar-refractivity contribution in [2.75, 3.05) is 19.0 Å². The third kappa shape index (κ3) is 3.74. The first-order valence-electron chi connectivity index (χ1n) is 9.13. The van der Waals surface area contributed by atoms with E-state index in [9.17, 15) is 0 Å². The monoisotopic (exact) mass is 396 g/mol. The number of hydrogen-bond donors (Lipinski definition) is 2. The van der Waals surface area contributed by atoms with Gasteiger partial charge in [0.05, 0.1) is 7.11 Å². The molecule has 1 atom stereocenters. The zero-order valence-electron chi connectivity index (χ0n) is 15.5. The van der Waals surface area contributed by atoms with Crippen LogP contribution in [0, 0.1) is 0 Å². The summed E-state index contributed by atoms with van der Waals surface area (Å²) in [5.41, 5.74) is 3.05. The number of ether oxygens (including phenoxy) is 1. The fourth-order valence-electron chi connectivity index (χ4n) is 3.22. The smallest absolute Gasteiger partial charge is 0.226 e. The van der Waals surface area contributed by atoms with Crippen LogP contribution in [0.4, 0.5) is 5.95 Å². The van der Waals surface area contributed by atoms with Crippen LogP contribution in [0.25, 0.3) is 5.70 Å². The minimum absolute atomic E-state index is 0.110. The lowest BCUT2D eigenvalue weighted by molar-refractivity contribution is 0.287. The third-order valence-corrected chi connectivity index (χ3v) is 4.93. The summed E-state index contributed by atoms with van der Waals surface area (Å²) < 4.78 is 7.13. The number of aryl methyl sites for hydroxylation is 1. The minimum atomic E-state index is -0.110. The van der Waals surface area contributed by atoms with Gasteiger partial charge in [-0.05, 0) is 60.0 Å². The number of aliphatic hydroxyl groups is 1. The quantitative estimate of drug-likeness (QED) is 0.660. The van der Waals surface area contributed by atoms with E-state index in [0.29, 0.717) is 29.6 Å². The molecule has 1 aliphatic heterocycles. The molecule has 2 heterocycles. The van der Waals surface area contributed by atoms with E-state index in [1.165, 1.54) is 0 Å². The number of benzene rings is 2.